The molecule has 1 radical (unpaired) electrons. The van der Waals surface area contributed by atoms with Gasteiger partial charge in [-0.05, 0) is 12.8 Å². The highest BCUT2D eigenvalue weighted by molar-refractivity contribution is 4.88. The topological polar surface area (TPSA) is 18.5 Å². The second kappa shape index (κ2) is 4.73. The van der Waals surface area contributed by atoms with Gasteiger partial charge in [0.05, 0.1) is 13.2 Å². The van der Waals surface area contributed by atoms with Gasteiger partial charge in [-0.2, -0.15) is 0 Å². The molecule has 1 rings (SSSR count). The van der Waals surface area contributed by atoms with Crippen molar-refractivity contribution in [2.24, 2.45) is 0 Å². The highest BCUT2D eigenvalue weighted by Gasteiger charge is 2.20. The normalized spacial score (nSPS) is 21.0. The molecule has 1 aliphatic heterocycles. The van der Waals surface area contributed by atoms with Crippen molar-refractivity contribution in [1.29, 1.82) is 0 Å². The quantitative estimate of drug-likeness (QED) is 0.625. The minimum Gasteiger partial charge on any atom is -0.352 e. The van der Waals surface area contributed by atoms with Crippen LogP contribution in [0.2, 0.25) is 0 Å². The van der Waals surface area contributed by atoms with E-state index >= 15 is 0 Å². The smallest absolute Gasteiger partial charge is 0.163 e. The zero-order valence-corrected chi connectivity index (χ0v) is 7.43. The van der Waals surface area contributed by atoms with E-state index in [1.807, 2.05) is 0 Å². The van der Waals surface area contributed by atoms with E-state index in [1.165, 1.54) is 12.3 Å². The molecule has 0 amide bonds. The second-order valence-electron chi connectivity index (χ2n) is 3.02. The molecule has 0 atom stereocenters. The van der Waals surface area contributed by atoms with Crippen molar-refractivity contribution in [3.05, 3.63) is 5.92 Å². The van der Waals surface area contributed by atoms with Crippen LogP contribution >= 0.6 is 0 Å². The fraction of sp³-hybridized carbons (Fsp3) is 0.889. The first-order chi connectivity index (χ1) is 5.34. The monoisotopic (exact) mass is 157 g/mol. The first kappa shape index (κ1) is 9.01. The highest BCUT2D eigenvalue weighted by Crippen LogP contribution is 2.20. The predicted octanol–water partition coefficient (Wildman–Crippen LogP) is 2.14. The molecule has 0 aromatic heterocycles. The highest BCUT2D eigenvalue weighted by atomic mass is 16.7. The van der Waals surface area contributed by atoms with Crippen LogP contribution in [0.15, 0.2) is 0 Å². The Labute approximate surface area is 68.9 Å². The van der Waals surface area contributed by atoms with E-state index in [4.69, 9.17) is 9.47 Å². The summed E-state index contributed by atoms with van der Waals surface area (Å²) in [4.78, 5) is 0. The van der Waals surface area contributed by atoms with Crippen molar-refractivity contribution in [3.63, 3.8) is 0 Å². The fourth-order valence-electron chi connectivity index (χ4n) is 1.28. The first-order valence-corrected chi connectivity index (χ1v) is 4.40. The van der Waals surface area contributed by atoms with Gasteiger partial charge in [-0.1, -0.05) is 20.3 Å². The summed E-state index contributed by atoms with van der Waals surface area (Å²) < 4.78 is 10.9. The molecule has 0 unspecified atom stereocenters. The van der Waals surface area contributed by atoms with Gasteiger partial charge in [-0.25, -0.2) is 0 Å². The summed E-state index contributed by atoms with van der Waals surface area (Å²) in [7, 11) is 0. The maximum absolute atomic E-state index is 5.43. The van der Waals surface area contributed by atoms with Gasteiger partial charge in [0.15, 0.2) is 6.29 Å². The summed E-state index contributed by atoms with van der Waals surface area (Å²) in [6, 6.07) is 0. The first-order valence-electron chi connectivity index (χ1n) is 4.40. The number of hydrogen-bond acceptors (Lipinski definition) is 2. The molecule has 0 N–H and O–H groups in total. The molecule has 0 aliphatic carbocycles. The van der Waals surface area contributed by atoms with Gasteiger partial charge in [-0.3, -0.25) is 0 Å². The van der Waals surface area contributed by atoms with Crippen LogP contribution in [0.4, 0.5) is 0 Å². The van der Waals surface area contributed by atoms with E-state index in [-0.39, 0.29) is 6.29 Å². The minimum atomic E-state index is -0.0105. The van der Waals surface area contributed by atoms with Crippen LogP contribution in [0.3, 0.4) is 0 Å². The molecule has 2 heteroatoms. The van der Waals surface area contributed by atoms with E-state index in [0.717, 1.165) is 26.1 Å². The lowest BCUT2D eigenvalue weighted by Crippen LogP contribution is -2.29. The molecule has 2 nitrogen and oxygen atoms in total. The van der Waals surface area contributed by atoms with Crippen molar-refractivity contribution in [2.75, 3.05) is 13.2 Å². The van der Waals surface area contributed by atoms with Crippen LogP contribution in [-0.2, 0) is 9.47 Å². The van der Waals surface area contributed by atoms with E-state index in [1.54, 1.807) is 0 Å². The lowest BCUT2D eigenvalue weighted by Gasteiger charge is -2.27. The van der Waals surface area contributed by atoms with Crippen LogP contribution in [0.25, 0.3) is 0 Å². The van der Waals surface area contributed by atoms with Crippen molar-refractivity contribution in [1.82, 2.24) is 0 Å². The van der Waals surface area contributed by atoms with Gasteiger partial charge in [0.2, 0.25) is 0 Å². The third-order valence-corrected chi connectivity index (χ3v) is 1.87. The van der Waals surface area contributed by atoms with Crippen molar-refractivity contribution in [3.8, 4) is 0 Å². The van der Waals surface area contributed by atoms with Gasteiger partial charge in [0, 0.05) is 5.92 Å². The largest absolute Gasteiger partial charge is 0.352 e. The summed E-state index contributed by atoms with van der Waals surface area (Å²) in [5.74, 6) is 1.33. The molecule has 11 heavy (non-hydrogen) atoms. The lowest BCUT2D eigenvalue weighted by molar-refractivity contribution is -0.169. The molecule has 0 saturated carbocycles. The Morgan fingerprint density at radius 3 is 2.55 bits per heavy atom. The third-order valence-electron chi connectivity index (χ3n) is 1.87. The standard InChI is InChI=1S/C9H17O2/c1-3-5-8(2)9-10-6-4-7-11-9/h9H,3-7H2,1-2H3. The molecule has 0 aromatic carbocycles. The summed E-state index contributed by atoms with van der Waals surface area (Å²) in [6.07, 6.45) is 3.32. The number of rotatable bonds is 3. The Hall–Kier alpha value is -0.0800. The van der Waals surface area contributed by atoms with Gasteiger partial charge in [-0.15, -0.1) is 0 Å². The van der Waals surface area contributed by atoms with Crippen molar-refractivity contribution in [2.45, 2.75) is 39.4 Å². The van der Waals surface area contributed by atoms with Crippen LogP contribution in [-0.4, -0.2) is 19.5 Å². The van der Waals surface area contributed by atoms with Crippen LogP contribution < -0.4 is 0 Å². The average Bonchev–Trinajstić information content (AvgIpc) is 2.07. The fourth-order valence-corrected chi connectivity index (χ4v) is 1.28. The average molecular weight is 157 g/mol. The van der Waals surface area contributed by atoms with Gasteiger partial charge >= 0.3 is 0 Å². The van der Waals surface area contributed by atoms with Gasteiger partial charge < -0.3 is 9.47 Å². The van der Waals surface area contributed by atoms with E-state index in [0.29, 0.717) is 0 Å². The zero-order valence-electron chi connectivity index (χ0n) is 7.43. The lowest BCUT2D eigenvalue weighted by atomic mass is 10.1. The molecule has 0 aromatic rings. The van der Waals surface area contributed by atoms with Gasteiger partial charge in [0.25, 0.3) is 0 Å². The second-order valence-corrected chi connectivity index (χ2v) is 3.02. The SMILES string of the molecule is CCC[C](C)C1OCCCO1. The molecule has 0 bridgehead atoms. The van der Waals surface area contributed by atoms with E-state index in [2.05, 4.69) is 13.8 Å². The number of ether oxygens (including phenoxy) is 2. The van der Waals surface area contributed by atoms with E-state index < -0.39 is 0 Å². The molecule has 1 aliphatic rings. The zero-order chi connectivity index (χ0) is 8.10. The molecule has 1 saturated heterocycles. The molecule has 0 spiro atoms. The Morgan fingerprint density at radius 2 is 2.00 bits per heavy atom. The maximum atomic E-state index is 5.43. The van der Waals surface area contributed by atoms with Gasteiger partial charge in [0.1, 0.15) is 0 Å². The molecular weight excluding hydrogens is 140 g/mol. The molecular formula is C9H17O2. The predicted molar refractivity (Wildman–Crippen MR) is 44.1 cm³/mol. The summed E-state index contributed by atoms with van der Waals surface area (Å²) in [5, 5.41) is 0. The summed E-state index contributed by atoms with van der Waals surface area (Å²) in [5.41, 5.74) is 0. The van der Waals surface area contributed by atoms with Crippen molar-refractivity contribution < 1.29 is 9.47 Å². The third kappa shape index (κ3) is 2.80. The van der Waals surface area contributed by atoms with Crippen LogP contribution in [0.5, 0.6) is 0 Å². The van der Waals surface area contributed by atoms with Crippen LogP contribution in [0.1, 0.15) is 33.1 Å². The summed E-state index contributed by atoms with van der Waals surface area (Å²) >= 11 is 0. The Morgan fingerprint density at radius 1 is 1.36 bits per heavy atom. The Balaban J connectivity index is 2.21. The Kier molecular flexibility index (Phi) is 3.87. The van der Waals surface area contributed by atoms with E-state index in [9.17, 15) is 0 Å². The molecule has 1 fully saturated rings. The Bertz CT molecular complexity index is 97.7. The van der Waals surface area contributed by atoms with Crippen LogP contribution in [0, 0.1) is 5.92 Å². The number of hydrogen-bond donors (Lipinski definition) is 0. The minimum absolute atomic E-state index is 0.0105. The van der Waals surface area contributed by atoms with Crippen molar-refractivity contribution >= 4 is 0 Å². The molecule has 1 heterocycles. The summed E-state index contributed by atoms with van der Waals surface area (Å²) in [6.45, 7) is 5.99. The molecule has 65 valence electrons. The maximum Gasteiger partial charge on any atom is 0.163 e.